The first-order valence-electron chi connectivity index (χ1n) is 11.6. The molecular formula is C26H28N2O5. The fraction of sp³-hybridized carbons (Fsp3) is 0.423. The molecule has 0 spiro atoms. The molecule has 2 saturated carbocycles. The Morgan fingerprint density at radius 3 is 2.18 bits per heavy atom. The molecule has 0 heterocycles. The number of fused-ring (bicyclic) bond motifs is 3. The summed E-state index contributed by atoms with van der Waals surface area (Å²) in [5, 5.41) is 14.8. The highest BCUT2D eigenvalue weighted by atomic mass is 16.5. The lowest BCUT2D eigenvalue weighted by atomic mass is 9.74. The minimum atomic E-state index is -0.804. The van der Waals surface area contributed by atoms with Crippen molar-refractivity contribution in [3.63, 3.8) is 0 Å². The van der Waals surface area contributed by atoms with E-state index < -0.39 is 17.6 Å². The molecule has 7 nitrogen and oxygen atoms in total. The highest BCUT2D eigenvalue weighted by Gasteiger charge is 2.44. The van der Waals surface area contributed by atoms with Crippen LogP contribution in [0.4, 0.5) is 4.79 Å². The zero-order valence-corrected chi connectivity index (χ0v) is 18.4. The number of alkyl carbamates (subject to hydrolysis) is 1. The minimum Gasteiger partial charge on any atom is -0.481 e. The lowest BCUT2D eigenvalue weighted by molar-refractivity contribution is -0.139. The number of amides is 2. The van der Waals surface area contributed by atoms with Gasteiger partial charge in [-0.05, 0) is 53.9 Å². The molecule has 2 unspecified atom stereocenters. The highest BCUT2D eigenvalue weighted by Crippen LogP contribution is 2.44. The van der Waals surface area contributed by atoms with E-state index in [-0.39, 0.29) is 36.7 Å². The summed E-state index contributed by atoms with van der Waals surface area (Å²) in [4.78, 5) is 36.1. The second kappa shape index (κ2) is 8.54. The summed E-state index contributed by atoms with van der Waals surface area (Å²) in [6.45, 7) is 0.608. The van der Waals surface area contributed by atoms with E-state index in [0.29, 0.717) is 13.0 Å². The molecule has 5 rings (SSSR count). The molecule has 0 bridgehead atoms. The van der Waals surface area contributed by atoms with Gasteiger partial charge < -0.3 is 20.5 Å². The molecule has 3 aliphatic rings. The maximum Gasteiger partial charge on any atom is 0.407 e. The number of hydrogen-bond donors (Lipinski definition) is 3. The van der Waals surface area contributed by atoms with Gasteiger partial charge in [0.25, 0.3) is 0 Å². The van der Waals surface area contributed by atoms with Crippen molar-refractivity contribution in [1.82, 2.24) is 10.6 Å². The second-order valence-corrected chi connectivity index (χ2v) is 9.51. The SMILES string of the molecule is O=C(CC1(NC(=O)OCC2c3ccccc3-c3ccccc32)CCC1)NCC1CC1C(=O)O. The average Bonchev–Trinajstić information content (AvgIpc) is 3.51. The lowest BCUT2D eigenvalue weighted by Gasteiger charge is -2.41. The van der Waals surface area contributed by atoms with Crippen LogP contribution in [-0.4, -0.2) is 41.8 Å². The number of nitrogens with one attached hydrogen (secondary N) is 2. The van der Waals surface area contributed by atoms with Gasteiger partial charge in [-0.15, -0.1) is 0 Å². The first kappa shape index (κ1) is 21.5. The number of benzene rings is 2. The molecule has 2 amide bonds. The fourth-order valence-corrected chi connectivity index (χ4v) is 5.19. The first-order chi connectivity index (χ1) is 16.0. The van der Waals surface area contributed by atoms with Gasteiger partial charge in [-0.1, -0.05) is 48.5 Å². The second-order valence-electron chi connectivity index (χ2n) is 9.51. The van der Waals surface area contributed by atoms with Crippen LogP contribution < -0.4 is 10.6 Å². The molecule has 0 radical (unpaired) electrons. The van der Waals surface area contributed by atoms with E-state index in [4.69, 9.17) is 9.84 Å². The van der Waals surface area contributed by atoms with Gasteiger partial charge in [-0.2, -0.15) is 0 Å². The quantitative estimate of drug-likeness (QED) is 0.572. The summed E-state index contributed by atoms with van der Waals surface area (Å²) in [6, 6.07) is 16.4. The molecule has 2 aromatic carbocycles. The van der Waals surface area contributed by atoms with Crippen LogP contribution in [0, 0.1) is 11.8 Å². The molecular weight excluding hydrogens is 420 g/mol. The third-order valence-electron chi connectivity index (χ3n) is 7.32. The van der Waals surface area contributed by atoms with Crippen molar-refractivity contribution in [3.05, 3.63) is 59.7 Å². The van der Waals surface area contributed by atoms with E-state index in [1.54, 1.807) is 0 Å². The van der Waals surface area contributed by atoms with Crippen LogP contribution in [0.3, 0.4) is 0 Å². The fourth-order valence-electron chi connectivity index (χ4n) is 5.19. The Hall–Kier alpha value is -3.35. The number of carboxylic acids is 1. The molecule has 33 heavy (non-hydrogen) atoms. The van der Waals surface area contributed by atoms with E-state index in [1.165, 1.54) is 11.1 Å². The van der Waals surface area contributed by atoms with Crippen LogP contribution in [0.15, 0.2) is 48.5 Å². The average molecular weight is 449 g/mol. The number of carbonyl (C=O) groups is 3. The van der Waals surface area contributed by atoms with Crippen LogP contribution in [0.1, 0.15) is 49.1 Å². The standard InChI is InChI=1S/C26H28N2O5/c29-23(27-14-16-12-21(16)24(30)31)13-26(10-5-11-26)28-25(32)33-15-22-19-8-3-1-6-17(19)18-7-2-4-9-20(18)22/h1-4,6-9,16,21-22H,5,10-15H2,(H,27,29)(H,28,32)(H,30,31). The Morgan fingerprint density at radius 1 is 1.00 bits per heavy atom. The van der Waals surface area contributed by atoms with Crippen LogP contribution in [0.25, 0.3) is 11.1 Å². The molecule has 2 aromatic rings. The van der Waals surface area contributed by atoms with Crippen molar-refractivity contribution in [2.75, 3.05) is 13.2 Å². The summed E-state index contributed by atoms with van der Waals surface area (Å²) < 4.78 is 5.65. The number of rotatable bonds is 8. The molecule has 2 atom stereocenters. The number of aliphatic carboxylic acids is 1. The molecule has 172 valence electrons. The first-order valence-corrected chi connectivity index (χ1v) is 11.6. The monoisotopic (exact) mass is 448 g/mol. The lowest BCUT2D eigenvalue weighted by Crippen LogP contribution is -2.56. The van der Waals surface area contributed by atoms with Gasteiger partial charge >= 0.3 is 12.1 Å². The number of ether oxygens (including phenoxy) is 1. The van der Waals surface area contributed by atoms with E-state index in [9.17, 15) is 14.4 Å². The van der Waals surface area contributed by atoms with E-state index in [1.807, 2.05) is 24.3 Å². The van der Waals surface area contributed by atoms with Gasteiger partial charge in [0, 0.05) is 18.9 Å². The summed E-state index contributed by atoms with van der Waals surface area (Å²) in [5.41, 5.74) is 4.08. The zero-order chi connectivity index (χ0) is 23.0. The molecule has 0 saturated heterocycles. The molecule has 0 aliphatic heterocycles. The molecule has 3 aliphatic carbocycles. The van der Waals surface area contributed by atoms with Crippen molar-refractivity contribution in [1.29, 1.82) is 0 Å². The maximum absolute atomic E-state index is 12.7. The Morgan fingerprint density at radius 2 is 1.64 bits per heavy atom. The van der Waals surface area contributed by atoms with E-state index >= 15 is 0 Å². The summed E-state index contributed by atoms with van der Waals surface area (Å²) in [5.74, 6) is -1.31. The van der Waals surface area contributed by atoms with Gasteiger partial charge in [0.15, 0.2) is 0 Å². The van der Waals surface area contributed by atoms with Gasteiger partial charge in [0.1, 0.15) is 6.61 Å². The highest BCUT2D eigenvalue weighted by molar-refractivity contribution is 5.80. The Bertz CT molecular complexity index is 1050. The Labute approximate surface area is 192 Å². The Balaban J connectivity index is 1.15. The van der Waals surface area contributed by atoms with Crippen molar-refractivity contribution in [2.45, 2.75) is 43.6 Å². The third kappa shape index (κ3) is 4.32. The summed E-state index contributed by atoms with van der Waals surface area (Å²) >= 11 is 0. The number of carbonyl (C=O) groups excluding carboxylic acids is 2. The van der Waals surface area contributed by atoms with Crippen molar-refractivity contribution < 1.29 is 24.2 Å². The number of hydrogen-bond acceptors (Lipinski definition) is 4. The predicted octanol–water partition coefficient (Wildman–Crippen LogP) is 3.67. The van der Waals surface area contributed by atoms with Crippen LogP contribution in [-0.2, 0) is 14.3 Å². The van der Waals surface area contributed by atoms with Gasteiger partial charge in [-0.25, -0.2) is 4.79 Å². The van der Waals surface area contributed by atoms with Crippen LogP contribution in [0.5, 0.6) is 0 Å². The smallest absolute Gasteiger partial charge is 0.407 e. The normalized spacial score (nSPS) is 21.8. The molecule has 3 N–H and O–H groups in total. The van der Waals surface area contributed by atoms with Gasteiger partial charge in [-0.3, -0.25) is 9.59 Å². The minimum absolute atomic E-state index is 0.00971. The third-order valence-corrected chi connectivity index (χ3v) is 7.32. The summed E-state index contributed by atoms with van der Waals surface area (Å²) in [6.07, 6.45) is 2.69. The topological polar surface area (TPSA) is 105 Å². The summed E-state index contributed by atoms with van der Waals surface area (Å²) in [7, 11) is 0. The van der Waals surface area contributed by atoms with Crippen molar-refractivity contribution in [3.8, 4) is 11.1 Å². The van der Waals surface area contributed by atoms with Crippen LogP contribution in [0.2, 0.25) is 0 Å². The van der Waals surface area contributed by atoms with Crippen molar-refractivity contribution in [2.24, 2.45) is 11.8 Å². The van der Waals surface area contributed by atoms with E-state index in [2.05, 4.69) is 34.9 Å². The molecule has 7 heteroatoms. The molecule has 2 fully saturated rings. The number of carboxylic acid groups (broad SMARTS) is 1. The predicted molar refractivity (Wildman–Crippen MR) is 122 cm³/mol. The molecule has 0 aromatic heterocycles. The largest absolute Gasteiger partial charge is 0.481 e. The maximum atomic E-state index is 12.7. The zero-order valence-electron chi connectivity index (χ0n) is 18.4. The van der Waals surface area contributed by atoms with Crippen molar-refractivity contribution >= 4 is 18.0 Å². The van der Waals surface area contributed by atoms with Crippen LogP contribution >= 0.6 is 0 Å². The van der Waals surface area contributed by atoms with E-state index in [0.717, 1.165) is 30.4 Å². The Kier molecular flexibility index (Phi) is 5.56. The van der Waals surface area contributed by atoms with Gasteiger partial charge in [0.05, 0.1) is 11.5 Å². The van der Waals surface area contributed by atoms with Gasteiger partial charge in [0.2, 0.25) is 5.91 Å².